The Morgan fingerprint density at radius 2 is 1.79 bits per heavy atom. The van der Waals surface area contributed by atoms with E-state index in [2.05, 4.69) is 23.2 Å². The molecule has 0 saturated heterocycles. The third kappa shape index (κ3) is 2.01. The second-order valence-electron chi connectivity index (χ2n) is 4.29. The summed E-state index contributed by atoms with van der Waals surface area (Å²) in [7, 11) is 0. The van der Waals surface area contributed by atoms with Gasteiger partial charge in [0.1, 0.15) is 11.0 Å². The van der Waals surface area contributed by atoms with Gasteiger partial charge in [0.25, 0.3) is 0 Å². The van der Waals surface area contributed by atoms with E-state index in [4.69, 9.17) is 23.2 Å². The zero-order valence-electron chi connectivity index (χ0n) is 10.4. The number of aromatic nitrogens is 2. The molecule has 0 bridgehead atoms. The maximum atomic E-state index is 6.18. The van der Waals surface area contributed by atoms with Crippen molar-refractivity contribution in [3.8, 4) is 11.4 Å². The maximum absolute atomic E-state index is 6.18. The Kier molecular flexibility index (Phi) is 3.21. The third-order valence-corrected chi connectivity index (χ3v) is 3.96. The number of rotatable bonds is 2. The van der Waals surface area contributed by atoms with E-state index < -0.39 is 0 Å². The standard InChI is InChI=1S/C15H12Cl2N2/c1-2-19-14(17)13(16)18-15(19)12-9-5-7-10-6-3-4-8-11(10)12/h3-9H,2H2,1H3. The van der Waals surface area contributed by atoms with Crippen LogP contribution in [0.15, 0.2) is 42.5 Å². The van der Waals surface area contributed by atoms with Crippen LogP contribution >= 0.6 is 23.2 Å². The van der Waals surface area contributed by atoms with E-state index >= 15 is 0 Å². The Balaban J connectivity index is 2.33. The van der Waals surface area contributed by atoms with Crippen LogP contribution in [0.1, 0.15) is 6.92 Å². The molecule has 0 saturated carbocycles. The van der Waals surface area contributed by atoms with Crippen LogP contribution in [0.3, 0.4) is 0 Å². The van der Waals surface area contributed by atoms with Gasteiger partial charge in [-0.15, -0.1) is 0 Å². The third-order valence-electron chi connectivity index (χ3n) is 3.21. The first-order valence-corrected chi connectivity index (χ1v) is 6.87. The maximum Gasteiger partial charge on any atom is 0.166 e. The highest BCUT2D eigenvalue weighted by Crippen LogP contribution is 2.33. The molecular formula is C15H12Cl2N2. The van der Waals surface area contributed by atoms with E-state index in [1.165, 1.54) is 5.39 Å². The molecule has 0 spiro atoms. The average Bonchev–Trinajstić information content (AvgIpc) is 2.73. The quantitative estimate of drug-likeness (QED) is 0.647. The molecule has 2 nitrogen and oxygen atoms in total. The summed E-state index contributed by atoms with van der Waals surface area (Å²) in [5, 5.41) is 3.18. The molecule has 1 aromatic heterocycles. The average molecular weight is 291 g/mol. The lowest BCUT2D eigenvalue weighted by atomic mass is 10.0. The predicted octanol–water partition coefficient (Wildman–Crippen LogP) is 5.03. The molecule has 4 heteroatoms. The summed E-state index contributed by atoms with van der Waals surface area (Å²) in [5.74, 6) is 0.814. The Bertz CT molecular complexity index is 742. The molecule has 0 aliphatic carbocycles. The van der Waals surface area contributed by atoms with Crippen molar-refractivity contribution in [2.24, 2.45) is 0 Å². The molecule has 0 fully saturated rings. The minimum absolute atomic E-state index is 0.353. The summed E-state index contributed by atoms with van der Waals surface area (Å²) in [5.41, 5.74) is 1.05. The largest absolute Gasteiger partial charge is 0.314 e. The van der Waals surface area contributed by atoms with Crippen LogP contribution in [0.4, 0.5) is 0 Å². The van der Waals surface area contributed by atoms with E-state index in [1.807, 2.05) is 35.8 Å². The summed E-state index contributed by atoms with van der Waals surface area (Å²) < 4.78 is 1.92. The summed E-state index contributed by atoms with van der Waals surface area (Å²) in [6.07, 6.45) is 0. The number of benzene rings is 2. The van der Waals surface area contributed by atoms with Crippen molar-refractivity contribution in [3.05, 3.63) is 52.8 Å². The number of fused-ring (bicyclic) bond motifs is 1. The van der Waals surface area contributed by atoms with Crippen molar-refractivity contribution in [1.82, 2.24) is 9.55 Å². The fourth-order valence-corrected chi connectivity index (χ4v) is 2.74. The van der Waals surface area contributed by atoms with Crippen LogP contribution < -0.4 is 0 Å². The van der Waals surface area contributed by atoms with Crippen LogP contribution in [0, 0.1) is 0 Å². The van der Waals surface area contributed by atoms with Gasteiger partial charge in [0.05, 0.1) is 0 Å². The van der Waals surface area contributed by atoms with Crippen molar-refractivity contribution in [1.29, 1.82) is 0 Å². The number of imidazole rings is 1. The van der Waals surface area contributed by atoms with Gasteiger partial charge in [-0.25, -0.2) is 4.98 Å². The lowest BCUT2D eigenvalue weighted by molar-refractivity contribution is 0.772. The molecule has 0 radical (unpaired) electrons. The first kappa shape index (κ1) is 12.5. The molecule has 0 N–H and O–H groups in total. The van der Waals surface area contributed by atoms with E-state index in [0.717, 1.165) is 23.3 Å². The van der Waals surface area contributed by atoms with Crippen LogP contribution in [0.2, 0.25) is 10.3 Å². The van der Waals surface area contributed by atoms with Gasteiger partial charge in [-0.2, -0.15) is 0 Å². The summed E-state index contributed by atoms with van der Waals surface area (Å²) in [6, 6.07) is 14.4. The summed E-state index contributed by atoms with van der Waals surface area (Å²) in [6.45, 7) is 2.76. The van der Waals surface area contributed by atoms with Crippen molar-refractivity contribution in [3.63, 3.8) is 0 Å². The highest BCUT2D eigenvalue weighted by Gasteiger charge is 2.15. The summed E-state index contributed by atoms with van der Waals surface area (Å²) >= 11 is 12.2. The van der Waals surface area contributed by atoms with Crippen LogP contribution in [0.25, 0.3) is 22.2 Å². The van der Waals surface area contributed by atoms with Gasteiger partial charge in [0, 0.05) is 12.1 Å². The van der Waals surface area contributed by atoms with E-state index in [9.17, 15) is 0 Å². The fourth-order valence-electron chi connectivity index (χ4n) is 2.32. The Labute approximate surface area is 121 Å². The smallest absolute Gasteiger partial charge is 0.166 e. The van der Waals surface area contributed by atoms with E-state index in [1.54, 1.807) is 0 Å². The Hall–Kier alpha value is -1.51. The lowest BCUT2D eigenvalue weighted by Gasteiger charge is -2.08. The molecule has 0 unspecified atom stereocenters. The highest BCUT2D eigenvalue weighted by atomic mass is 35.5. The molecule has 2 aromatic carbocycles. The molecule has 3 rings (SSSR count). The van der Waals surface area contributed by atoms with Crippen molar-refractivity contribution in [2.75, 3.05) is 0 Å². The van der Waals surface area contributed by atoms with Gasteiger partial charge in [0.2, 0.25) is 0 Å². The molecule has 19 heavy (non-hydrogen) atoms. The second-order valence-corrected chi connectivity index (χ2v) is 5.00. The molecule has 96 valence electrons. The zero-order chi connectivity index (χ0) is 13.4. The SMILES string of the molecule is CCn1c(-c2cccc3ccccc23)nc(Cl)c1Cl. The van der Waals surface area contributed by atoms with Crippen LogP contribution in [-0.4, -0.2) is 9.55 Å². The number of halogens is 2. The molecule has 0 atom stereocenters. The molecule has 0 amide bonds. The molecule has 1 heterocycles. The lowest BCUT2D eigenvalue weighted by Crippen LogP contribution is -1.98. The number of hydrogen-bond acceptors (Lipinski definition) is 1. The van der Waals surface area contributed by atoms with Crippen LogP contribution in [-0.2, 0) is 6.54 Å². The predicted molar refractivity (Wildman–Crippen MR) is 80.9 cm³/mol. The summed E-state index contributed by atoms with van der Waals surface area (Å²) in [4.78, 5) is 4.40. The molecule has 0 aliphatic rings. The van der Waals surface area contributed by atoms with Gasteiger partial charge >= 0.3 is 0 Å². The van der Waals surface area contributed by atoms with Gasteiger partial charge in [-0.1, -0.05) is 65.7 Å². The Morgan fingerprint density at radius 3 is 2.58 bits per heavy atom. The van der Waals surface area contributed by atoms with Gasteiger partial charge in [-0.05, 0) is 17.7 Å². The monoisotopic (exact) mass is 290 g/mol. The first-order valence-electron chi connectivity index (χ1n) is 6.12. The molecule has 3 aromatic rings. The number of hydrogen-bond donors (Lipinski definition) is 0. The van der Waals surface area contributed by atoms with Crippen molar-refractivity contribution >= 4 is 34.0 Å². The second kappa shape index (κ2) is 4.87. The van der Waals surface area contributed by atoms with Gasteiger partial charge < -0.3 is 4.57 Å². The normalized spacial score (nSPS) is 11.1. The molecular weight excluding hydrogens is 279 g/mol. The van der Waals surface area contributed by atoms with E-state index in [0.29, 0.717) is 10.3 Å². The molecule has 0 aliphatic heterocycles. The van der Waals surface area contributed by atoms with Crippen molar-refractivity contribution < 1.29 is 0 Å². The minimum Gasteiger partial charge on any atom is -0.314 e. The van der Waals surface area contributed by atoms with Crippen molar-refractivity contribution in [2.45, 2.75) is 13.5 Å². The highest BCUT2D eigenvalue weighted by molar-refractivity contribution is 6.40. The minimum atomic E-state index is 0.353. The van der Waals surface area contributed by atoms with Crippen LogP contribution in [0.5, 0.6) is 0 Å². The van der Waals surface area contributed by atoms with Gasteiger partial charge in [-0.3, -0.25) is 0 Å². The Morgan fingerprint density at radius 1 is 1.05 bits per heavy atom. The van der Waals surface area contributed by atoms with Gasteiger partial charge in [0.15, 0.2) is 5.15 Å². The number of nitrogens with zero attached hydrogens (tertiary/aromatic N) is 2. The topological polar surface area (TPSA) is 17.8 Å². The first-order chi connectivity index (χ1) is 9.22. The fraction of sp³-hybridized carbons (Fsp3) is 0.133. The van der Waals surface area contributed by atoms with E-state index in [-0.39, 0.29) is 0 Å². The zero-order valence-corrected chi connectivity index (χ0v) is 11.9.